The molecule has 1 aromatic heterocycles. The molecule has 0 aromatic carbocycles. The molecular formula is C15H20N2O4. The first-order valence-electron chi connectivity index (χ1n) is 6.95. The molecule has 0 bridgehead atoms. The zero-order valence-corrected chi connectivity index (χ0v) is 12.6. The fourth-order valence-corrected chi connectivity index (χ4v) is 2.22. The molecule has 0 radical (unpaired) electrons. The fourth-order valence-electron chi connectivity index (χ4n) is 2.22. The summed E-state index contributed by atoms with van der Waals surface area (Å²) in [5.41, 5.74) is -0.334. The highest BCUT2D eigenvalue weighted by Crippen LogP contribution is 2.19. The molecule has 6 heteroatoms. The van der Waals surface area contributed by atoms with Crippen LogP contribution in [0.15, 0.2) is 9.32 Å². The quantitative estimate of drug-likeness (QED) is 0.740. The molecule has 0 saturated heterocycles. The summed E-state index contributed by atoms with van der Waals surface area (Å²) in [5, 5.41) is 0. The van der Waals surface area contributed by atoms with Crippen LogP contribution in [-0.2, 0) is 24.2 Å². The van der Waals surface area contributed by atoms with Crippen molar-refractivity contribution in [2.75, 3.05) is 6.54 Å². The third-order valence-electron chi connectivity index (χ3n) is 3.11. The molecule has 2 rings (SSSR count). The van der Waals surface area contributed by atoms with Gasteiger partial charge in [0.15, 0.2) is 0 Å². The number of aryl methyl sites for hydroxylation is 1. The van der Waals surface area contributed by atoms with Crippen LogP contribution in [0.2, 0.25) is 0 Å². The lowest BCUT2D eigenvalue weighted by atomic mass is 10.2. The number of carbonyl (C=O) groups is 1. The minimum atomic E-state index is -0.563. The van der Waals surface area contributed by atoms with Crippen molar-refractivity contribution in [3.63, 3.8) is 0 Å². The van der Waals surface area contributed by atoms with Crippen molar-refractivity contribution in [2.45, 2.75) is 52.3 Å². The van der Waals surface area contributed by atoms with Crippen LogP contribution in [0.25, 0.3) is 0 Å². The van der Waals surface area contributed by atoms with Crippen LogP contribution in [0.3, 0.4) is 0 Å². The van der Waals surface area contributed by atoms with Gasteiger partial charge in [0.2, 0.25) is 0 Å². The Morgan fingerprint density at radius 2 is 2.19 bits per heavy atom. The SMILES string of the molecule is C#CCn1oc2c(c1=O)CN(C(=O)OC(C)(C)C)CCC2. The molecule has 0 unspecified atom stereocenters. The monoisotopic (exact) mass is 292 g/mol. The van der Waals surface area contributed by atoms with Gasteiger partial charge in [0.1, 0.15) is 17.9 Å². The van der Waals surface area contributed by atoms with Gasteiger partial charge in [0, 0.05) is 13.0 Å². The van der Waals surface area contributed by atoms with E-state index in [-0.39, 0.29) is 18.6 Å². The van der Waals surface area contributed by atoms with Crippen molar-refractivity contribution in [3.8, 4) is 12.3 Å². The number of ether oxygens (including phenoxy) is 1. The Bertz CT molecular complexity index is 628. The zero-order chi connectivity index (χ0) is 15.6. The molecule has 2 heterocycles. The lowest BCUT2D eigenvalue weighted by Crippen LogP contribution is -2.37. The third-order valence-corrected chi connectivity index (χ3v) is 3.11. The number of hydrogen-bond donors (Lipinski definition) is 0. The van der Waals surface area contributed by atoms with Gasteiger partial charge < -0.3 is 14.2 Å². The molecular weight excluding hydrogens is 272 g/mol. The number of nitrogens with zero attached hydrogens (tertiary/aromatic N) is 2. The standard InChI is InChI=1S/C15H20N2O4/c1-5-8-17-13(18)11-10-16(9-6-7-12(11)21-17)14(19)20-15(2,3)4/h1H,6-10H2,2-4H3. The van der Waals surface area contributed by atoms with Crippen molar-refractivity contribution in [2.24, 2.45) is 0 Å². The number of hydrogen-bond acceptors (Lipinski definition) is 4. The van der Waals surface area contributed by atoms with E-state index in [1.807, 2.05) is 20.8 Å². The molecule has 0 N–H and O–H groups in total. The van der Waals surface area contributed by atoms with Gasteiger partial charge in [0.05, 0.1) is 12.1 Å². The minimum Gasteiger partial charge on any atom is -0.444 e. The van der Waals surface area contributed by atoms with E-state index in [4.69, 9.17) is 15.7 Å². The van der Waals surface area contributed by atoms with Gasteiger partial charge in [-0.25, -0.2) is 4.79 Å². The lowest BCUT2D eigenvalue weighted by Gasteiger charge is -2.26. The topological polar surface area (TPSA) is 64.7 Å². The van der Waals surface area contributed by atoms with Crippen LogP contribution in [0, 0.1) is 12.3 Å². The molecule has 6 nitrogen and oxygen atoms in total. The van der Waals surface area contributed by atoms with Crippen LogP contribution in [0.4, 0.5) is 4.79 Å². The largest absolute Gasteiger partial charge is 0.444 e. The molecule has 0 saturated carbocycles. The maximum Gasteiger partial charge on any atom is 0.410 e. The molecule has 0 aliphatic carbocycles. The predicted octanol–water partition coefficient (Wildman–Crippen LogP) is 1.76. The van der Waals surface area contributed by atoms with E-state index >= 15 is 0 Å². The highest BCUT2D eigenvalue weighted by Gasteiger charge is 2.28. The van der Waals surface area contributed by atoms with Crippen molar-refractivity contribution < 1.29 is 14.1 Å². The van der Waals surface area contributed by atoms with E-state index in [9.17, 15) is 9.59 Å². The Morgan fingerprint density at radius 3 is 2.81 bits per heavy atom. The summed E-state index contributed by atoms with van der Waals surface area (Å²) >= 11 is 0. The highest BCUT2D eigenvalue weighted by molar-refractivity contribution is 5.68. The summed E-state index contributed by atoms with van der Waals surface area (Å²) in [7, 11) is 0. The van der Waals surface area contributed by atoms with E-state index in [2.05, 4.69) is 5.92 Å². The molecule has 1 aliphatic heterocycles. The second-order valence-electron chi connectivity index (χ2n) is 6.04. The number of aromatic nitrogens is 1. The van der Waals surface area contributed by atoms with Gasteiger partial charge in [-0.3, -0.25) is 4.79 Å². The third kappa shape index (κ3) is 3.48. The van der Waals surface area contributed by atoms with Gasteiger partial charge in [-0.15, -0.1) is 6.42 Å². The van der Waals surface area contributed by atoms with Crippen LogP contribution in [-0.4, -0.2) is 27.9 Å². The fraction of sp³-hybridized carbons (Fsp3) is 0.600. The van der Waals surface area contributed by atoms with Gasteiger partial charge in [0.25, 0.3) is 5.56 Å². The smallest absolute Gasteiger partial charge is 0.410 e. The van der Waals surface area contributed by atoms with Crippen molar-refractivity contribution in [3.05, 3.63) is 21.7 Å². The van der Waals surface area contributed by atoms with E-state index < -0.39 is 11.7 Å². The number of carbonyl (C=O) groups excluding carboxylic acids is 1. The Hall–Kier alpha value is -2.16. The van der Waals surface area contributed by atoms with Gasteiger partial charge in [-0.2, -0.15) is 4.74 Å². The molecule has 21 heavy (non-hydrogen) atoms. The number of terminal acetylenes is 1. The number of fused-ring (bicyclic) bond motifs is 1. The van der Waals surface area contributed by atoms with E-state index in [1.165, 1.54) is 4.90 Å². The Balaban J connectivity index is 2.22. The lowest BCUT2D eigenvalue weighted by molar-refractivity contribution is 0.0236. The first-order chi connectivity index (χ1) is 9.81. The van der Waals surface area contributed by atoms with E-state index in [0.29, 0.717) is 24.3 Å². The molecule has 0 fully saturated rings. The van der Waals surface area contributed by atoms with Gasteiger partial charge >= 0.3 is 6.09 Å². The minimum absolute atomic E-state index is 0.0955. The van der Waals surface area contributed by atoms with E-state index in [1.54, 1.807) is 0 Å². The molecule has 114 valence electrons. The predicted molar refractivity (Wildman–Crippen MR) is 76.8 cm³/mol. The first kappa shape index (κ1) is 15.2. The summed E-state index contributed by atoms with van der Waals surface area (Å²) in [5.74, 6) is 2.99. The molecule has 0 spiro atoms. The number of amides is 1. The second kappa shape index (κ2) is 5.68. The summed E-state index contributed by atoms with van der Waals surface area (Å²) in [4.78, 5) is 25.9. The van der Waals surface area contributed by atoms with Crippen molar-refractivity contribution in [1.82, 2.24) is 9.64 Å². The first-order valence-corrected chi connectivity index (χ1v) is 6.95. The summed E-state index contributed by atoms with van der Waals surface area (Å²) in [6, 6.07) is 0. The van der Waals surface area contributed by atoms with Crippen LogP contribution >= 0.6 is 0 Å². The maximum atomic E-state index is 12.2. The Morgan fingerprint density at radius 1 is 1.48 bits per heavy atom. The molecule has 1 aromatic rings. The van der Waals surface area contributed by atoms with Crippen LogP contribution in [0.5, 0.6) is 0 Å². The van der Waals surface area contributed by atoms with Gasteiger partial charge in [-0.1, -0.05) is 5.92 Å². The zero-order valence-electron chi connectivity index (χ0n) is 12.6. The molecule has 1 amide bonds. The normalized spacial score (nSPS) is 15.0. The summed E-state index contributed by atoms with van der Waals surface area (Å²) in [6.07, 6.45) is 6.12. The summed E-state index contributed by atoms with van der Waals surface area (Å²) in [6.45, 7) is 6.26. The van der Waals surface area contributed by atoms with Crippen LogP contribution in [0.1, 0.15) is 38.5 Å². The number of rotatable bonds is 1. The Labute approximate surface area is 123 Å². The highest BCUT2D eigenvalue weighted by atomic mass is 16.6. The molecule has 1 aliphatic rings. The van der Waals surface area contributed by atoms with Crippen molar-refractivity contribution >= 4 is 6.09 Å². The van der Waals surface area contributed by atoms with Crippen LogP contribution < -0.4 is 5.56 Å². The van der Waals surface area contributed by atoms with E-state index in [0.717, 1.165) is 11.2 Å². The second-order valence-corrected chi connectivity index (χ2v) is 6.04. The van der Waals surface area contributed by atoms with Crippen molar-refractivity contribution in [1.29, 1.82) is 0 Å². The van der Waals surface area contributed by atoms with Gasteiger partial charge in [-0.05, 0) is 27.2 Å². The Kier molecular flexibility index (Phi) is 4.12. The molecule has 0 atom stereocenters. The maximum absolute atomic E-state index is 12.2. The average Bonchev–Trinajstić information content (AvgIpc) is 2.57. The summed E-state index contributed by atoms with van der Waals surface area (Å²) < 4.78 is 12.0. The average molecular weight is 292 g/mol.